The van der Waals surface area contributed by atoms with E-state index in [0.29, 0.717) is 23.9 Å². The molecular formula is C18H23F3N4OS. The molecule has 0 radical (unpaired) electrons. The number of guanidine groups is 1. The van der Waals surface area contributed by atoms with Crippen LogP contribution < -0.4 is 15.4 Å². The first kappa shape index (κ1) is 21.0. The molecule has 1 heterocycles. The van der Waals surface area contributed by atoms with Gasteiger partial charge in [0.05, 0.1) is 12.1 Å². The van der Waals surface area contributed by atoms with Crippen LogP contribution in [0.1, 0.15) is 22.7 Å². The third kappa shape index (κ3) is 7.09. The number of benzene rings is 1. The van der Waals surface area contributed by atoms with Crippen LogP contribution in [-0.2, 0) is 19.0 Å². The molecule has 1 aromatic carbocycles. The van der Waals surface area contributed by atoms with E-state index >= 15 is 0 Å². The largest absolute Gasteiger partial charge is 0.497 e. The first-order valence-electron chi connectivity index (χ1n) is 8.51. The molecule has 0 unspecified atom stereocenters. The van der Waals surface area contributed by atoms with Gasteiger partial charge in [-0.2, -0.15) is 13.2 Å². The lowest BCUT2D eigenvalue weighted by Crippen LogP contribution is -2.38. The van der Waals surface area contributed by atoms with Crippen molar-refractivity contribution in [3.05, 3.63) is 45.9 Å². The Labute approximate surface area is 160 Å². The second kappa shape index (κ2) is 10.1. The van der Waals surface area contributed by atoms with E-state index in [1.165, 1.54) is 5.56 Å². The maximum absolute atomic E-state index is 12.5. The maximum Gasteiger partial charge on any atom is 0.434 e. The van der Waals surface area contributed by atoms with Gasteiger partial charge in [-0.05, 0) is 30.5 Å². The van der Waals surface area contributed by atoms with Gasteiger partial charge in [-0.15, -0.1) is 11.3 Å². The van der Waals surface area contributed by atoms with Crippen molar-refractivity contribution in [2.75, 3.05) is 27.2 Å². The van der Waals surface area contributed by atoms with Gasteiger partial charge in [0.1, 0.15) is 5.75 Å². The Kier molecular flexibility index (Phi) is 7.90. The van der Waals surface area contributed by atoms with Gasteiger partial charge in [-0.25, -0.2) is 4.98 Å². The van der Waals surface area contributed by atoms with E-state index in [1.54, 1.807) is 14.2 Å². The highest BCUT2D eigenvalue weighted by atomic mass is 32.1. The summed E-state index contributed by atoms with van der Waals surface area (Å²) in [5, 5.41) is 7.77. The molecule has 0 aliphatic carbocycles. The number of nitrogens with zero attached hydrogens (tertiary/aromatic N) is 2. The smallest absolute Gasteiger partial charge is 0.434 e. The minimum absolute atomic E-state index is 0.410. The van der Waals surface area contributed by atoms with Gasteiger partial charge in [0, 0.05) is 31.9 Å². The van der Waals surface area contributed by atoms with Crippen molar-refractivity contribution >= 4 is 17.3 Å². The van der Waals surface area contributed by atoms with Gasteiger partial charge in [0.25, 0.3) is 0 Å². The average molecular weight is 400 g/mol. The van der Waals surface area contributed by atoms with E-state index in [1.807, 2.05) is 24.3 Å². The van der Waals surface area contributed by atoms with Gasteiger partial charge in [0.15, 0.2) is 11.7 Å². The van der Waals surface area contributed by atoms with Gasteiger partial charge in [0.2, 0.25) is 0 Å². The molecule has 0 amide bonds. The van der Waals surface area contributed by atoms with Crippen LogP contribution in [0.4, 0.5) is 13.2 Å². The first-order valence-corrected chi connectivity index (χ1v) is 9.39. The highest BCUT2D eigenvalue weighted by Gasteiger charge is 2.33. The molecule has 2 aromatic rings. The molecule has 2 rings (SSSR count). The number of aryl methyl sites for hydroxylation is 1. The minimum atomic E-state index is -4.39. The monoisotopic (exact) mass is 400 g/mol. The Morgan fingerprint density at radius 2 is 1.85 bits per heavy atom. The number of thiazole rings is 1. The van der Waals surface area contributed by atoms with Crippen molar-refractivity contribution in [1.29, 1.82) is 0 Å². The molecule has 1 aromatic heterocycles. The van der Waals surface area contributed by atoms with Crippen molar-refractivity contribution < 1.29 is 17.9 Å². The molecule has 27 heavy (non-hydrogen) atoms. The molecule has 0 saturated heterocycles. The molecule has 9 heteroatoms. The highest BCUT2D eigenvalue weighted by Crippen LogP contribution is 2.29. The quantitative estimate of drug-likeness (QED) is 0.405. The van der Waals surface area contributed by atoms with Crippen LogP contribution in [-0.4, -0.2) is 38.2 Å². The summed E-state index contributed by atoms with van der Waals surface area (Å²) in [5.74, 6) is 1.46. The normalized spacial score (nSPS) is 12.1. The summed E-state index contributed by atoms with van der Waals surface area (Å²) in [4.78, 5) is 7.72. The van der Waals surface area contributed by atoms with Crippen molar-refractivity contribution in [2.24, 2.45) is 4.99 Å². The second-order valence-corrected chi connectivity index (χ2v) is 6.69. The second-order valence-electron chi connectivity index (χ2n) is 5.75. The van der Waals surface area contributed by atoms with Crippen LogP contribution in [0.2, 0.25) is 0 Å². The van der Waals surface area contributed by atoms with Gasteiger partial charge in [-0.3, -0.25) is 4.99 Å². The molecule has 0 fully saturated rings. The molecule has 0 bridgehead atoms. The number of halogens is 3. The molecule has 0 saturated carbocycles. The van der Waals surface area contributed by atoms with Crippen LogP contribution in [0.3, 0.4) is 0 Å². The van der Waals surface area contributed by atoms with E-state index < -0.39 is 11.9 Å². The van der Waals surface area contributed by atoms with E-state index in [-0.39, 0.29) is 0 Å². The third-order valence-electron chi connectivity index (χ3n) is 3.79. The molecule has 0 spiro atoms. The minimum Gasteiger partial charge on any atom is -0.497 e. The van der Waals surface area contributed by atoms with Crippen molar-refractivity contribution in [3.8, 4) is 5.75 Å². The number of methoxy groups -OCH3 is 1. The zero-order valence-electron chi connectivity index (χ0n) is 15.3. The SMILES string of the molecule is CN=C(NCCCc1ccc(OC)cc1)NCCc1nc(C(F)(F)F)cs1. The van der Waals surface area contributed by atoms with Crippen LogP contribution in [0.25, 0.3) is 0 Å². The zero-order valence-corrected chi connectivity index (χ0v) is 16.1. The summed E-state index contributed by atoms with van der Waals surface area (Å²) >= 11 is 1.02. The van der Waals surface area contributed by atoms with Gasteiger partial charge < -0.3 is 15.4 Å². The summed E-state index contributed by atoms with van der Waals surface area (Å²) in [5.41, 5.74) is 0.397. The summed E-state index contributed by atoms with van der Waals surface area (Å²) < 4.78 is 42.7. The molecule has 0 atom stereocenters. The standard InChI is InChI=1S/C18H23F3N4OS/c1-22-17(23-10-3-4-13-5-7-14(26-2)8-6-13)24-11-9-16-25-15(12-27-16)18(19,20)21/h5-8,12H,3-4,9-11H2,1-2H3,(H2,22,23,24). The molecular weight excluding hydrogens is 377 g/mol. The summed E-state index contributed by atoms with van der Waals surface area (Å²) in [7, 11) is 3.30. The number of hydrogen-bond acceptors (Lipinski definition) is 4. The fourth-order valence-corrected chi connectivity index (χ4v) is 3.16. The molecule has 148 valence electrons. The summed E-state index contributed by atoms with van der Waals surface area (Å²) in [6, 6.07) is 7.95. The average Bonchev–Trinajstić information content (AvgIpc) is 3.13. The first-order chi connectivity index (χ1) is 12.9. The van der Waals surface area contributed by atoms with E-state index in [2.05, 4.69) is 20.6 Å². The Morgan fingerprint density at radius 3 is 2.44 bits per heavy atom. The molecule has 5 nitrogen and oxygen atoms in total. The van der Waals surface area contributed by atoms with Crippen molar-refractivity contribution in [2.45, 2.75) is 25.4 Å². The number of aliphatic imine (C=N–C) groups is 1. The number of nitrogens with one attached hydrogen (secondary N) is 2. The Balaban J connectivity index is 1.66. The molecule has 0 aliphatic heterocycles. The van der Waals surface area contributed by atoms with Gasteiger partial charge >= 0.3 is 6.18 Å². The predicted molar refractivity (Wildman–Crippen MR) is 101 cm³/mol. The maximum atomic E-state index is 12.5. The van der Waals surface area contributed by atoms with Crippen LogP contribution in [0.5, 0.6) is 5.75 Å². The van der Waals surface area contributed by atoms with Crippen molar-refractivity contribution in [1.82, 2.24) is 15.6 Å². The number of rotatable bonds is 8. The predicted octanol–water partition coefficient (Wildman–Crippen LogP) is 3.51. The summed E-state index contributed by atoms with van der Waals surface area (Å²) in [6.45, 7) is 1.20. The Hall–Kier alpha value is -2.29. The van der Waals surface area contributed by atoms with E-state index in [9.17, 15) is 13.2 Å². The summed E-state index contributed by atoms with van der Waals surface area (Å²) in [6.07, 6.45) is -2.13. The lowest BCUT2D eigenvalue weighted by atomic mass is 10.1. The number of aromatic nitrogens is 1. The number of hydrogen-bond donors (Lipinski definition) is 2. The van der Waals surface area contributed by atoms with Crippen LogP contribution >= 0.6 is 11.3 Å². The van der Waals surface area contributed by atoms with E-state index in [0.717, 1.165) is 41.9 Å². The van der Waals surface area contributed by atoms with Crippen LogP contribution in [0, 0.1) is 0 Å². The zero-order chi connectivity index (χ0) is 19.7. The lowest BCUT2D eigenvalue weighted by molar-refractivity contribution is -0.140. The number of alkyl halides is 3. The van der Waals surface area contributed by atoms with Gasteiger partial charge in [-0.1, -0.05) is 12.1 Å². The topological polar surface area (TPSA) is 58.5 Å². The third-order valence-corrected chi connectivity index (χ3v) is 4.70. The fraction of sp³-hybridized carbons (Fsp3) is 0.444. The number of ether oxygens (including phenoxy) is 1. The van der Waals surface area contributed by atoms with E-state index in [4.69, 9.17) is 4.74 Å². The molecule has 0 aliphatic rings. The molecule has 2 N–H and O–H groups in total. The van der Waals surface area contributed by atoms with Crippen molar-refractivity contribution in [3.63, 3.8) is 0 Å². The lowest BCUT2D eigenvalue weighted by Gasteiger charge is -2.11. The Bertz CT molecular complexity index is 729. The fourth-order valence-electron chi connectivity index (χ4n) is 2.36. The highest BCUT2D eigenvalue weighted by molar-refractivity contribution is 7.09. The van der Waals surface area contributed by atoms with Crippen LogP contribution in [0.15, 0.2) is 34.6 Å². The Morgan fingerprint density at radius 1 is 1.15 bits per heavy atom.